The number of nitrogens with zero attached hydrogens (tertiary/aromatic N) is 1. The van der Waals surface area contributed by atoms with Crippen molar-refractivity contribution in [2.75, 3.05) is 20.2 Å². The Morgan fingerprint density at radius 2 is 2.22 bits per heavy atom. The van der Waals surface area contributed by atoms with Crippen LogP contribution in [-0.2, 0) is 16.6 Å². The molecule has 0 aromatic heterocycles. The number of rotatable bonds is 3. The first-order valence-electron chi connectivity index (χ1n) is 10.4. The number of likely N-dealkylation sites (tertiary alicyclic amines) is 1. The second-order valence-corrected chi connectivity index (χ2v) is 10.2. The maximum atomic E-state index is 13.2. The van der Waals surface area contributed by atoms with E-state index in [1.54, 1.807) is 7.11 Å². The predicted molar refractivity (Wildman–Crippen MR) is 105 cm³/mol. The summed E-state index contributed by atoms with van der Waals surface area (Å²) in [6.07, 6.45) is 5.54. The molecule has 0 radical (unpaired) electrons. The molecule has 27 heavy (non-hydrogen) atoms. The van der Waals surface area contributed by atoms with Crippen LogP contribution < -0.4 is 9.47 Å². The number of halogens is 1. The van der Waals surface area contributed by atoms with Crippen LogP contribution in [0.1, 0.15) is 43.7 Å². The summed E-state index contributed by atoms with van der Waals surface area (Å²) in [6.45, 7) is 4.43. The molecular weight excluding hydrogens is 406 g/mol. The highest BCUT2D eigenvalue weighted by Crippen LogP contribution is 2.65. The topological polar surface area (TPSA) is 38.8 Å². The molecule has 3 aliphatic carbocycles. The van der Waals surface area contributed by atoms with Gasteiger partial charge in [-0.05, 0) is 62.1 Å². The zero-order valence-electron chi connectivity index (χ0n) is 16.0. The number of methoxy groups -OCH3 is 1. The zero-order chi connectivity index (χ0) is 18.5. The predicted octanol–water partition coefficient (Wildman–Crippen LogP) is 3.72. The van der Waals surface area contributed by atoms with Crippen LogP contribution in [-0.4, -0.2) is 43.0 Å². The molecule has 2 bridgehead atoms. The Hall–Kier alpha value is -1.07. The minimum absolute atomic E-state index is 0.0850. The Morgan fingerprint density at radius 1 is 1.41 bits per heavy atom. The molecule has 2 saturated carbocycles. The average molecular weight is 432 g/mol. The fourth-order valence-corrected chi connectivity index (χ4v) is 7.22. The third-order valence-electron chi connectivity index (χ3n) is 8.05. The second-order valence-electron chi connectivity index (χ2n) is 9.39. The lowest BCUT2D eigenvalue weighted by Gasteiger charge is -2.58. The van der Waals surface area contributed by atoms with Crippen LogP contribution in [0.3, 0.4) is 0 Å². The number of ketones is 1. The van der Waals surface area contributed by atoms with Gasteiger partial charge in [0.15, 0.2) is 23.4 Å². The first-order chi connectivity index (χ1) is 13.0. The lowest BCUT2D eigenvalue weighted by Crippen LogP contribution is -2.67. The highest BCUT2D eigenvalue weighted by atomic mass is 79.9. The van der Waals surface area contributed by atoms with Gasteiger partial charge in [0, 0.05) is 34.0 Å². The van der Waals surface area contributed by atoms with Gasteiger partial charge < -0.3 is 9.47 Å². The van der Waals surface area contributed by atoms with E-state index in [1.165, 1.54) is 30.5 Å². The van der Waals surface area contributed by atoms with E-state index in [2.05, 4.69) is 27.8 Å². The van der Waals surface area contributed by atoms with Gasteiger partial charge in [-0.15, -0.1) is 0 Å². The highest BCUT2D eigenvalue weighted by molar-refractivity contribution is 9.10. The number of hydrogen-bond donors (Lipinski definition) is 0. The maximum Gasteiger partial charge on any atom is 0.177 e. The molecule has 6 rings (SSSR count). The van der Waals surface area contributed by atoms with Crippen molar-refractivity contribution in [2.45, 2.75) is 56.6 Å². The quantitative estimate of drug-likeness (QED) is 0.730. The molecule has 1 aromatic carbocycles. The van der Waals surface area contributed by atoms with Crippen molar-refractivity contribution in [1.29, 1.82) is 0 Å². The van der Waals surface area contributed by atoms with E-state index in [9.17, 15) is 4.79 Å². The molecule has 0 N–H and O–H groups in total. The molecule has 3 fully saturated rings. The van der Waals surface area contributed by atoms with Crippen molar-refractivity contribution in [2.24, 2.45) is 17.8 Å². The summed E-state index contributed by atoms with van der Waals surface area (Å²) in [6, 6.07) is 2.57. The van der Waals surface area contributed by atoms with Crippen molar-refractivity contribution in [1.82, 2.24) is 4.90 Å². The van der Waals surface area contributed by atoms with E-state index in [0.29, 0.717) is 17.7 Å². The van der Waals surface area contributed by atoms with E-state index >= 15 is 0 Å². The molecule has 5 aliphatic rings. The van der Waals surface area contributed by atoms with Gasteiger partial charge in [0.25, 0.3) is 0 Å². The lowest BCUT2D eigenvalue weighted by atomic mass is 9.50. The third-order valence-corrected chi connectivity index (χ3v) is 8.76. The SMILES string of the molecule is COc1cc(Br)c2c3c1OC1C(=O)[C@@H](C)C[C@H]4[C@@H](C2)N(CC2CC2)CC[C@]314. The minimum atomic E-state index is -0.325. The Kier molecular flexibility index (Phi) is 3.43. The van der Waals surface area contributed by atoms with E-state index in [1.807, 2.05) is 6.07 Å². The zero-order valence-corrected chi connectivity index (χ0v) is 17.5. The van der Waals surface area contributed by atoms with Gasteiger partial charge in [-0.25, -0.2) is 0 Å². The summed E-state index contributed by atoms with van der Waals surface area (Å²) < 4.78 is 13.2. The van der Waals surface area contributed by atoms with Gasteiger partial charge in [0.2, 0.25) is 0 Å². The lowest BCUT2D eigenvalue weighted by molar-refractivity contribution is -0.144. The van der Waals surface area contributed by atoms with Crippen LogP contribution >= 0.6 is 15.9 Å². The van der Waals surface area contributed by atoms with Crippen LogP contribution in [0.5, 0.6) is 11.5 Å². The van der Waals surface area contributed by atoms with Gasteiger partial charge in [-0.1, -0.05) is 22.9 Å². The fourth-order valence-electron chi connectivity index (χ4n) is 6.65. The second kappa shape index (κ2) is 5.50. The van der Waals surface area contributed by atoms with Gasteiger partial charge in [-0.3, -0.25) is 9.69 Å². The Bertz CT molecular complexity index is 850. The highest BCUT2D eigenvalue weighted by Gasteiger charge is 2.67. The molecule has 0 amide bonds. The molecule has 1 saturated heterocycles. The average Bonchev–Trinajstić information content (AvgIpc) is 3.40. The summed E-state index contributed by atoms with van der Waals surface area (Å²) in [7, 11) is 1.69. The Labute approximate surface area is 168 Å². The fraction of sp³-hybridized carbons (Fsp3) is 0.682. The Balaban J connectivity index is 1.56. The first kappa shape index (κ1) is 16.8. The van der Waals surface area contributed by atoms with Gasteiger partial charge in [-0.2, -0.15) is 0 Å². The number of piperidine rings is 1. The molecule has 5 heteroatoms. The van der Waals surface area contributed by atoms with Crippen LogP contribution in [0.2, 0.25) is 0 Å². The van der Waals surface area contributed by atoms with Crippen LogP contribution in [0.15, 0.2) is 10.5 Å². The normalized spacial score (nSPS) is 39.1. The Morgan fingerprint density at radius 3 is 2.96 bits per heavy atom. The van der Waals surface area contributed by atoms with E-state index in [4.69, 9.17) is 9.47 Å². The summed E-state index contributed by atoms with van der Waals surface area (Å²) in [5, 5.41) is 0. The third kappa shape index (κ3) is 2.05. The van der Waals surface area contributed by atoms with Gasteiger partial charge in [0.05, 0.1) is 7.11 Å². The van der Waals surface area contributed by atoms with E-state index in [-0.39, 0.29) is 17.4 Å². The molecule has 144 valence electrons. The summed E-state index contributed by atoms with van der Waals surface area (Å²) in [5.74, 6) is 3.40. The molecule has 2 heterocycles. The first-order valence-corrected chi connectivity index (χ1v) is 11.2. The largest absolute Gasteiger partial charge is 0.493 e. The summed E-state index contributed by atoms with van der Waals surface area (Å²) in [4.78, 5) is 16.0. The van der Waals surface area contributed by atoms with Crippen molar-refractivity contribution < 1.29 is 14.3 Å². The molecule has 2 aliphatic heterocycles. The van der Waals surface area contributed by atoms with Crippen LogP contribution in [0.25, 0.3) is 0 Å². The molecule has 1 unspecified atom stereocenters. The molecule has 1 spiro atoms. The van der Waals surface area contributed by atoms with Crippen molar-refractivity contribution in [3.63, 3.8) is 0 Å². The van der Waals surface area contributed by atoms with Crippen LogP contribution in [0.4, 0.5) is 0 Å². The van der Waals surface area contributed by atoms with Crippen molar-refractivity contribution >= 4 is 21.7 Å². The van der Waals surface area contributed by atoms with Crippen LogP contribution in [0, 0.1) is 17.8 Å². The molecule has 4 nitrogen and oxygen atoms in total. The smallest absolute Gasteiger partial charge is 0.177 e. The van der Waals surface area contributed by atoms with Crippen molar-refractivity contribution in [3.05, 3.63) is 21.7 Å². The number of benzene rings is 1. The summed E-state index contributed by atoms with van der Waals surface area (Å²) in [5.41, 5.74) is 2.51. The molecular formula is C22H26BrNO3. The number of hydrogen-bond acceptors (Lipinski definition) is 4. The molecule has 1 aromatic rings. The number of Topliss-reactive ketones (excluding diaryl/α,β-unsaturated/α-hetero) is 1. The van der Waals surface area contributed by atoms with Gasteiger partial charge >= 0.3 is 0 Å². The minimum Gasteiger partial charge on any atom is -0.493 e. The number of carbonyl (C=O) groups excluding carboxylic acids is 1. The van der Waals surface area contributed by atoms with Gasteiger partial charge in [0.1, 0.15) is 0 Å². The van der Waals surface area contributed by atoms with E-state index < -0.39 is 0 Å². The number of carbonyl (C=O) groups is 1. The monoisotopic (exact) mass is 431 g/mol. The number of ether oxygens (including phenoxy) is 2. The molecule has 5 atom stereocenters. The van der Waals surface area contributed by atoms with E-state index in [0.717, 1.165) is 47.7 Å². The standard InChI is InChI=1S/C22H26BrNO3/c1-11-7-14-16-8-13-15(23)9-17(26-2)20-18(13)22(14,21(27-20)19(11)25)5-6-24(16)10-12-3-4-12/h9,11-12,14,16,21H,3-8,10H2,1-2H3/t11-,14-,16+,21?,22-/m0/s1. The van der Waals surface area contributed by atoms with Crippen molar-refractivity contribution in [3.8, 4) is 11.5 Å². The summed E-state index contributed by atoms with van der Waals surface area (Å²) >= 11 is 3.82. The maximum absolute atomic E-state index is 13.2.